The van der Waals surface area contributed by atoms with Crippen molar-refractivity contribution in [2.45, 2.75) is 33.0 Å². The van der Waals surface area contributed by atoms with Crippen molar-refractivity contribution in [2.24, 2.45) is 11.8 Å². The zero-order chi connectivity index (χ0) is 18.8. The van der Waals surface area contributed by atoms with E-state index in [0.29, 0.717) is 23.7 Å². The first-order chi connectivity index (χ1) is 12.4. The molecule has 0 saturated carbocycles. The number of benzene rings is 1. The molecule has 26 heavy (non-hydrogen) atoms. The number of amides is 1. The van der Waals surface area contributed by atoms with E-state index in [-0.39, 0.29) is 36.6 Å². The molecule has 2 fully saturated rings. The van der Waals surface area contributed by atoms with Crippen molar-refractivity contribution < 1.29 is 14.6 Å². The predicted molar refractivity (Wildman–Crippen MR) is 103 cm³/mol. The lowest BCUT2D eigenvalue weighted by Crippen LogP contribution is -2.48. The molecule has 4 atom stereocenters. The van der Waals surface area contributed by atoms with E-state index in [4.69, 9.17) is 16.3 Å². The summed E-state index contributed by atoms with van der Waals surface area (Å²) < 4.78 is 5.81. The third-order valence-electron chi connectivity index (χ3n) is 5.52. The van der Waals surface area contributed by atoms with E-state index in [1.165, 1.54) is 0 Å². The average Bonchev–Trinajstić information content (AvgIpc) is 2.98. The molecule has 0 unspecified atom stereocenters. The lowest BCUT2D eigenvalue weighted by molar-refractivity contribution is -0.0726. The van der Waals surface area contributed by atoms with E-state index in [2.05, 4.69) is 18.7 Å². The molecular formula is C20H29ClN2O3. The molecule has 1 aromatic carbocycles. The Morgan fingerprint density at radius 2 is 1.85 bits per heavy atom. The van der Waals surface area contributed by atoms with Crippen molar-refractivity contribution >= 4 is 17.5 Å². The van der Waals surface area contributed by atoms with Gasteiger partial charge in [0, 0.05) is 55.8 Å². The number of likely N-dealkylation sites (tertiary alicyclic amines) is 1. The monoisotopic (exact) mass is 380 g/mol. The van der Waals surface area contributed by atoms with E-state index >= 15 is 0 Å². The van der Waals surface area contributed by atoms with Gasteiger partial charge >= 0.3 is 0 Å². The van der Waals surface area contributed by atoms with Crippen LogP contribution in [-0.2, 0) is 4.74 Å². The lowest BCUT2D eigenvalue weighted by Gasteiger charge is -2.37. The molecule has 1 aromatic rings. The van der Waals surface area contributed by atoms with Crippen molar-refractivity contribution in [2.75, 3.05) is 39.3 Å². The fourth-order valence-electron chi connectivity index (χ4n) is 4.28. The number of aliphatic hydroxyl groups excluding tert-OH is 1. The summed E-state index contributed by atoms with van der Waals surface area (Å²) in [6, 6.07) is 5.42. The first kappa shape index (κ1) is 19.6. The van der Waals surface area contributed by atoms with E-state index < -0.39 is 0 Å². The maximum atomic E-state index is 13.0. The molecule has 0 spiro atoms. The summed E-state index contributed by atoms with van der Waals surface area (Å²) in [5.74, 6) is 0.405. The second-order valence-corrected chi connectivity index (χ2v) is 8.28. The molecule has 3 rings (SSSR count). The second-order valence-electron chi connectivity index (χ2n) is 7.85. The molecule has 0 radical (unpaired) electrons. The van der Waals surface area contributed by atoms with Crippen LogP contribution in [0.4, 0.5) is 0 Å². The molecule has 1 N–H and O–H groups in total. The Morgan fingerprint density at radius 1 is 1.19 bits per heavy atom. The van der Waals surface area contributed by atoms with Crippen LogP contribution in [-0.4, -0.2) is 72.4 Å². The van der Waals surface area contributed by atoms with Gasteiger partial charge in [0.15, 0.2) is 0 Å². The van der Waals surface area contributed by atoms with Crippen molar-refractivity contribution in [3.8, 4) is 0 Å². The smallest absolute Gasteiger partial charge is 0.254 e. The minimum atomic E-state index is 0.00895. The quantitative estimate of drug-likeness (QED) is 0.871. The van der Waals surface area contributed by atoms with Gasteiger partial charge in [0.1, 0.15) is 0 Å². The Morgan fingerprint density at radius 3 is 2.50 bits per heavy atom. The average molecular weight is 381 g/mol. The molecule has 2 heterocycles. The van der Waals surface area contributed by atoms with Crippen LogP contribution in [0.15, 0.2) is 18.2 Å². The normalized spacial score (nSPS) is 30.0. The van der Waals surface area contributed by atoms with Gasteiger partial charge in [-0.2, -0.15) is 0 Å². The highest BCUT2D eigenvalue weighted by molar-refractivity contribution is 6.31. The van der Waals surface area contributed by atoms with Gasteiger partial charge in [0.05, 0.1) is 12.2 Å². The number of hydrogen-bond donors (Lipinski definition) is 1. The third kappa shape index (κ3) is 4.39. The number of rotatable bonds is 4. The van der Waals surface area contributed by atoms with Crippen LogP contribution in [0.5, 0.6) is 0 Å². The molecule has 2 saturated heterocycles. The van der Waals surface area contributed by atoms with E-state index in [1.54, 1.807) is 12.1 Å². The number of carbonyl (C=O) groups is 1. The SMILES string of the molecule is Cc1ccc(Cl)cc1C(=O)N1C[C@@H](CN2C[C@@H](C)O[C@@H](C)C2)[C@@H](CO)C1. The topological polar surface area (TPSA) is 53.0 Å². The number of aliphatic hydroxyl groups is 1. The van der Waals surface area contributed by atoms with Gasteiger partial charge in [-0.3, -0.25) is 9.69 Å². The van der Waals surface area contributed by atoms with Gasteiger partial charge < -0.3 is 14.7 Å². The maximum absolute atomic E-state index is 13.0. The second kappa shape index (κ2) is 8.26. The summed E-state index contributed by atoms with van der Waals surface area (Å²) in [6.45, 7) is 10.2. The highest BCUT2D eigenvalue weighted by Crippen LogP contribution is 2.28. The lowest BCUT2D eigenvalue weighted by atomic mass is 9.96. The minimum absolute atomic E-state index is 0.00895. The molecular weight excluding hydrogens is 352 g/mol. The molecule has 0 aliphatic carbocycles. The van der Waals surface area contributed by atoms with Crippen LogP contribution in [0.1, 0.15) is 29.8 Å². The Bertz CT molecular complexity index is 644. The van der Waals surface area contributed by atoms with Gasteiger partial charge in [0.25, 0.3) is 5.91 Å². The van der Waals surface area contributed by atoms with Gasteiger partial charge in [-0.15, -0.1) is 0 Å². The molecule has 1 amide bonds. The number of halogens is 1. The van der Waals surface area contributed by atoms with Crippen molar-refractivity contribution in [3.05, 3.63) is 34.3 Å². The zero-order valence-electron chi connectivity index (χ0n) is 15.8. The Balaban J connectivity index is 1.68. The van der Waals surface area contributed by atoms with Crippen molar-refractivity contribution in [1.29, 1.82) is 0 Å². The van der Waals surface area contributed by atoms with Gasteiger partial charge in [-0.25, -0.2) is 0 Å². The summed E-state index contributed by atoms with van der Waals surface area (Å²) in [4.78, 5) is 17.3. The molecule has 6 heteroatoms. The van der Waals surface area contributed by atoms with Crippen LogP contribution >= 0.6 is 11.6 Å². The largest absolute Gasteiger partial charge is 0.396 e. The molecule has 5 nitrogen and oxygen atoms in total. The summed E-state index contributed by atoms with van der Waals surface area (Å²) in [5.41, 5.74) is 1.59. The molecule has 0 aromatic heterocycles. The number of carbonyl (C=O) groups excluding carboxylic acids is 1. The van der Waals surface area contributed by atoms with Crippen molar-refractivity contribution in [1.82, 2.24) is 9.80 Å². The fourth-order valence-corrected chi connectivity index (χ4v) is 4.45. The summed E-state index contributed by atoms with van der Waals surface area (Å²) >= 11 is 6.08. The van der Waals surface area contributed by atoms with Crippen LogP contribution in [0.2, 0.25) is 5.02 Å². The molecule has 2 aliphatic rings. The summed E-state index contributed by atoms with van der Waals surface area (Å²) in [6.07, 6.45) is 0.444. The summed E-state index contributed by atoms with van der Waals surface area (Å²) in [5, 5.41) is 10.4. The van der Waals surface area contributed by atoms with E-state index in [9.17, 15) is 9.90 Å². The number of ether oxygens (including phenoxy) is 1. The number of morpholine rings is 1. The first-order valence-electron chi connectivity index (χ1n) is 9.41. The number of aryl methyl sites for hydroxylation is 1. The fraction of sp³-hybridized carbons (Fsp3) is 0.650. The van der Waals surface area contributed by atoms with Gasteiger partial charge in [-0.05, 0) is 44.4 Å². The first-order valence-corrected chi connectivity index (χ1v) is 9.79. The van der Waals surface area contributed by atoms with Crippen molar-refractivity contribution in [3.63, 3.8) is 0 Å². The number of hydrogen-bond acceptors (Lipinski definition) is 4. The van der Waals surface area contributed by atoms with Gasteiger partial charge in [0.2, 0.25) is 0 Å². The molecule has 0 bridgehead atoms. The predicted octanol–water partition coefficient (Wildman–Crippen LogP) is 2.44. The van der Waals surface area contributed by atoms with Crippen LogP contribution in [0.25, 0.3) is 0 Å². The van der Waals surface area contributed by atoms with Crippen LogP contribution in [0.3, 0.4) is 0 Å². The van der Waals surface area contributed by atoms with Crippen LogP contribution < -0.4 is 0 Å². The zero-order valence-corrected chi connectivity index (χ0v) is 16.6. The van der Waals surface area contributed by atoms with E-state index in [0.717, 1.165) is 25.2 Å². The molecule has 144 valence electrons. The Labute approximate surface area is 160 Å². The maximum Gasteiger partial charge on any atom is 0.254 e. The molecule has 2 aliphatic heterocycles. The highest BCUT2D eigenvalue weighted by Gasteiger charge is 2.37. The summed E-state index contributed by atoms with van der Waals surface area (Å²) in [7, 11) is 0. The third-order valence-corrected chi connectivity index (χ3v) is 5.75. The standard InChI is InChI=1S/C20H29ClN2O3/c1-13-4-5-18(21)6-19(13)20(25)23-10-16(17(11-23)12-24)9-22-7-14(2)26-15(3)8-22/h4-6,14-17,24H,7-12H2,1-3H3/t14-,15+,16-,17-/m1/s1. The Hall–Kier alpha value is -1.14. The number of nitrogens with zero attached hydrogens (tertiary/aromatic N) is 2. The van der Waals surface area contributed by atoms with Gasteiger partial charge in [-0.1, -0.05) is 17.7 Å². The van der Waals surface area contributed by atoms with E-state index in [1.807, 2.05) is 17.9 Å². The Kier molecular flexibility index (Phi) is 6.23. The highest BCUT2D eigenvalue weighted by atomic mass is 35.5. The van der Waals surface area contributed by atoms with Crippen LogP contribution in [0, 0.1) is 18.8 Å². The minimum Gasteiger partial charge on any atom is -0.396 e.